The van der Waals surface area contributed by atoms with Crippen molar-refractivity contribution < 1.29 is 9.90 Å². The first-order chi connectivity index (χ1) is 9.61. The molecule has 106 valence electrons. The first-order valence-corrected chi connectivity index (χ1v) is 8.12. The van der Waals surface area contributed by atoms with E-state index in [1.807, 2.05) is 23.6 Å². The summed E-state index contributed by atoms with van der Waals surface area (Å²) in [6, 6.07) is 9.54. The van der Waals surface area contributed by atoms with E-state index in [4.69, 9.17) is 0 Å². The Hall–Kier alpha value is -1.33. The van der Waals surface area contributed by atoms with E-state index in [0.717, 1.165) is 17.3 Å². The topological polar surface area (TPSA) is 49.3 Å². The van der Waals surface area contributed by atoms with Gasteiger partial charge in [0.2, 0.25) is 0 Å². The lowest BCUT2D eigenvalue weighted by molar-refractivity contribution is 0.0698. The van der Waals surface area contributed by atoms with E-state index >= 15 is 0 Å². The third-order valence-electron chi connectivity index (χ3n) is 3.01. The maximum atomic E-state index is 11.3. The Morgan fingerprint density at radius 2 is 2.25 bits per heavy atom. The van der Waals surface area contributed by atoms with Crippen molar-refractivity contribution in [2.24, 2.45) is 0 Å². The molecule has 20 heavy (non-hydrogen) atoms. The van der Waals surface area contributed by atoms with Gasteiger partial charge >= 0.3 is 5.97 Å². The maximum Gasteiger partial charge on any atom is 0.337 e. The second-order valence-corrected chi connectivity index (χ2v) is 6.39. The van der Waals surface area contributed by atoms with E-state index in [-0.39, 0.29) is 11.6 Å². The van der Waals surface area contributed by atoms with Crippen LogP contribution < -0.4 is 5.32 Å². The predicted octanol–water partition coefficient (Wildman–Crippen LogP) is 5.16. The molecule has 1 heterocycles. The van der Waals surface area contributed by atoms with E-state index in [9.17, 15) is 9.90 Å². The van der Waals surface area contributed by atoms with Crippen molar-refractivity contribution in [3.8, 4) is 0 Å². The summed E-state index contributed by atoms with van der Waals surface area (Å²) < 4.78 is 0.767. The highest BCUT2D eigenvalue weighted by molar-refractivity contribution is 9.10. The number of anilines is 1. The molecule has 2 rings (SSSR count). The molecule has 0 amide bonds. The van der Waals surface area contributed by atoms with Gasteiger partial charge < -0.3 is 10.4 Å². The van der Waals surface area contributed by atoms with Crippen LogP contribution in [-0.2, 0) is 0 Å². The molecule has 1 aromatic carbocycles. The summed E-state index contributed by atoms with van der Waals surface area (Å²) in [5.74, 6) is -0.921. The molecule has 2 aromatic rings. The summed E-state index contributed by atoms with van der Waals surface area (Å²) in [5.41, 5.74) is 0.949. The normalized spacial score (nSPS) is 12.1. The van der Waals surface area contributed by atoms with Gasteiger partial charge in [0.15, 0.2) is 0 Å². The number of hydrogen-bond acceptors (Lipinski definition) is 3. The predicted molar refractivity (Wildman–Crippen MR) is 86.7 cm³/mol. The maximum absolute atomic E-state index is 11.3. The SMILES string of the molecule is CCCC(Nc1ccc(Br)cc1C(=O)O)c1cccs1. The smallest absolute Gasteiger partial charge is 0.337 e. The van der Waals surface area contributed by atoms with Crippen LogP contribution in [0.2, 0.25) is 0 Å². The Morgan fingerprint density at radius 3 is 2.85 bits per heavy atom. The quantitative estimate of drug-likeness (QED) is 0.753. The minimum Gasteiger partial charge on any atom is -0.478 e. The summed E-state index contributed by atoms with van der Waals surface area (Å²) in [5, 5.41) is 14.7. The second kappa shape index (κ2) is 6.90. The van der Waals surface area contributed by atoms with Gasteiger partial charge in [-0.05, 0) is 36.1 Å². The van der Waals surface area contributed by atoms with Gasteiger partial charge in [0, 0.05) is 15.0 Å². The molecule has 0 bridgehead atoms. The number of carbonyl (C=O) groups is 1. The minimum absolute atomic E-state index is 0.152. The number of rotatable bonds is 6. The van der Waals surface area contributed by atoms with Gasteiger partial charge in [-0.1, -0.05) is 35.3 Å². The largest absolute Gasteiger partial charge is 0.478 e. The molecule has 0 saturated carbocycles. The van der Waals surface area contributed by atoms with Crippen LogP contribution in [0.3, 0.4) is 0 Å². The molecule has 5 heteroatoms. The number of benzene rings is 1. The number of nitrogens with one attached hydrogen (secondary N) is 1. The molecule has 1 aromatic heterocycles. The van der Waals surface area contributed by atoms with Crippen molar-refractivity contribution in [2.75, 3.05) is 5.32 Å². The van der Waals surface area contributed by atoms with Gasteiger partial charge in [-0.25, -0.2) is 4.79 Å². The van der Waals surface area contributed by atoms with E-state index in [0.29, 0.717) is 5.69 Å². The highest BCUT2D eigenvalue weighted by Gasteiger charge is 2.16. The third-order valence-corrected chi connectivity index (χ3v) is 4.48. The molecule has 0 saturated heterocycles. The molecule has 0 aliphatic rings. The summed E-state index contributed by atoms with van der Waals surface area (Å²) in [6.07, 6.45) is 2.00. The van der Waals surface area contributed by atoms with Crippen molar-refractivity contribution in [2.45, 2.75) is 25.8 Å². The van der Waals surface area contributed by atoms with E-state index < -0.39 is 5.97 Å². The van der Waals surface area contributed by atoms with Crippen molar-refractivity contribution in [3.05, 3.63) is 50.6 Å². The molecule has 3 nitrogen and oxygen atoms in total. The molecule has 2 N–H and O–H groups in total. The number of hydrogen-bond donors (Lipinski definition) is 2. The number of carboxylic acid groups (broad SMARTS) is 1. The molecule has 0 radical (unpaired) electrons. The van der Waals surface area contributed by atoms with Gasteiger partial charge in [-0.15, -0.1) is 11.3 Å². The molecular weight excluding hydrogens is 338 g/mol. The van der Waals surface area contributed by atoms with Gasteiger partial charge in [0.05, 0.1) is 11.6 Å². The lowest BCUT2D eigenvalue weighted by Crippen LogP contribution is -2.12. The molecule has 1 atom stereocenters. The monoisotopic (exact) mass is 353 g/mol. The third kappa shape index (κ3) is 3.61. The fourth-order valence-electron chi connectivity index (χ4n) is 2.07. The zero-order chi connectivity index (χ0) is 14.5. The second-order valence-electron chi connectivity index (χ2n) is 4.50. The number of carboxylic acids is 1. The average molecular weight is 354 g/mol. The molecular formula is C15H16BrNO2S. The lowest BCUT2D eigenvalue weighted by atomic mass is 10.1. The minimum atomic E-state index is -0.921. The van der Waals surface area contributed by atoms with Gasteiger partial charge in [0.25, 0.3) is 0 Å². The van der Waals surface area contributed by atoms with Crippen LogP contribution in [0.1, 0.15) is 41.0 Å². The van der Waals surface area contributed by atoms with Gasteiger partial charge in [-0.3, -0.25) is 0 Å². The van der Waals surface area contributed by atoms with Gasteiger partial charge in [-0.2, -0.15) is 0 Å². The van der Waals surface area contributed by atoms with Gasteiger partial charge in [0.1, 0.15) is 0 Å². The van der Waals surface area contributed by atoms with Crippen LogP contribution in [0, 0.1) is 0 Å². The summed E-state index contributed by atoms with van der Waals surface area (Å²) in [4.78, 5) is 12.6. The van der Waals surface area contributed by atoms with Crippen LogP contribution in [0.4, 0.5) is 5.69 Å². The Labute approximate surface area is 130 Å². The molecule has 1 unspecified atom stereocenters. The van der Waals surface area contributed by atoms with Crippen LogP contribution in [-0.4, -0.2) is 11.1 Å². The van der Waals surface area contributed by atoms with Crippen LogP contribution in [0.25, 0.3) is 0 Å². The van der Waals surface area contributed by atoms with E-state index in [2.05, 4.69) is 34.2 Å². The molecule has 0 aliphatic carbocycles. The standard InChI is InChI=1S/C15H16BrNO2S/c1-2-4-13(14-5-3-8-20-14)17-12-7-6-10(16)9-11(12)15(18)19/h3,5-9,13,17H,2,4H2,1H3,(H,18,19). The first kappa shape index (κ1) is 15.1. The summed E-state index contributed by atoms with van der Waals surface area (Å²) in [7, 11) is 0. The van der Waals surface area contributed by atoms with Crippen LogP contribution in [0.5, 0.6) is 0 Å². The Bertz CT molecular complexity index is 584. The fourth-order valence-corrected chi connectivity index (χ4v) is 3.24. The highest BCUT2D eigenvalue weighted by Crippen LogP contribution is 2.30. The number of aromatic carboxylic acids is 1. The Balaban J connectivity index is 2.29. The molecule has 0 fully saturated rings. The lowest BCUT2D eigenvalue weighted by Gasteiger charge is -2.19. The van der Waals surface area contributed by atoms with Crippen molar-refractivity contribution in [1.82, 2.24) is 0 Å². The first-order valence-electron chi connectivity index (χ1n) is 6.44. The highest BCUT2D eigenvalue weighted by atomic mass is 79.9. The fraction of sp³-hybridized carbons (Fsp3) is 0.267. The average Bonchev–Trinajstić information content (AvgIpc) is 2.93. The molecule has 0 spiro atoms. The zero-order valence-corrected chi connectivity index (χ0v) is 13.5. The van der Waals surface area contributed by atoms with Crippen molar-refractivity contribution in [3.63, 3.8) is 0 Å². The zero-order valence-electron chi connectivity index (χ0n) is 11.1. The molecule has 0 aliphatic heterocycles. The Kier molecular flexibility index (Phi) is 5.20. The van der Waals surface area contributed by atoms with Crippen molar-refractivity contribution >= 4 is 38.9 Å². The van der Waals surface area contributed by atoms with Crippen LogP contribution in [0.15, 0.2) is 40.2 Å². The van der Waals surface area contributed by atoms with Crippen LogP contribution >= 0.6 is 27.3 Å². The Morgan fingerprint density at radius 1 is 1.45 bits per heavy atom. The van der Waals surface area contributed by atoms with Crippen molar-refractivity contribution in [1.29, 1.82) is 0 Å². The summed E-state index contributed by atoms with van der Waals surface area (Å²) in [6.45, 7) is 2.13. The van der Waals surface area contributed by atoms with E-state index in [1.165, 1.54) is 4.88 Å². The summed E-state index contributed by atoms with van der Waals surface area (Å²) >= 11 is 5.00. The number of thiophene rings is 1. The number of halogens is 1. The van der Waals surface area contributed by atoms with E-state index in [1.54, 1.807) is 17.4 Å².